The molecule has 0 aliphatic heterocycles. The van der Waals surface area contributed by atoms with Crippen molar-refractivity contribution in [2.45, 2.75) is 13.1 Å². The topological polar surface area (TPSA) is 52.7 Å². The van der Waals surface area contributed by atoms with Gasteiger partial charge in [0.15, 0.2) is 6.17 Å². The lowest BCUT2D eigenvalue weighted by atomic mass is 10.0. The Morgan fingerprint density at radius 2 is 1.85 bits per heavy atom. The number of fused-ring (bicyclic) bond motifs is 1. The molecule has 0 radical (unpaired) electrons. The summed E-state index contributed by atoms with van der Waals surface area (Å²) in [6, 6.07) is 12.1. The van der Waals surface area contributed by atoms with E-state index in [-0.39, 0.29) is 5.56 Å². The normalized spacial score (nSPS) is 11.8. The van der Waals surface area contributed by atoms with E-state index in [2.05, 4.69) is 9.97 Å². The summed E-state index contributed by atoms with van der Waals surface area (Å²) in [5, 5.41) is 3.35. The maximum Gasteiger partial charge on any atom is 0.252 e. The summed E-state index contributed by atoms with van der Waals surface area (Å²) in [5.74, 6) is 0. The summed E-state index contributed by atoms with van der Waals surface area (Å²) in [6.07, 6.45) is 5.55. The summed E-state index contributed by atoms with van der Waals surface area (Å²) in [5.41, 5.74) is 3.26. The van der Waals surface area contributed by atoms with Crippen molar-refractivity contribution in [1.29, 1.82) is 0 Å². The molecule has 0 spiro atoms. The summed E-state index contributed by atoms with van der Waals surface area (Å²) >= 11 is 7.46. The number of rotatable bonds is 3. The highest BCUT2D eigenvalue weighted by molar-refractivity contribution is 7.13. The maximum absolute atomic E-state index is 15.1. The Kier molecular flexibility index (Phi) is 6.72. The molecule has 0 fully saturated rings. The maximum atomic E-state index is 15.1. The number of pyridine rings is 2. The van der Waals surface area contributed by atoms with Crippen LogP contribution in [0, 0.1) is 6.92 Å². The average molecular weight is 481 g/mol. The van der Waals surface area contributed by atoms with E-state index >= 15 is 4.39 Å². The van der Waals surface area contributed by atoms with Crippen LogP contribution in [0.1, 0.15) is 22.9 Å². The van der Waals surface area contributed by atoms with Crippen LogP contribution in [0.2, 0.25) is 5.02 Å². The zero-order valence-electron chi connectivity index (χ0n) is 18.4. The number of hydrogen-bond acceptors (Lipinski definition) is 4. The van der Waals surface area contributed by atoms with Crippen molar-refractivity contribution in [3.05, 3.63) is 105 Å². The van der Waals surface area contributed by atoms with Gasteiger partial charge in [0.1, 0.15) is 5.65 Å². The second-order valence-electron chi connectivity index (χ2n) is 7.73. The largest absolute Gasteiger partial charge is 0.341 e. The Hall–Kier alpha value is -3.29. The van der Waals surface area contributed by atoms with Crippen LogP contribution in [0.25, 0.3) is 21.5 Å². The number of thiophene rings is 1. The Morgan fingerprint density at radius 1 is 1.09 bits per heavy atom. The molecular weight excluding hydrogens is 459 g/mol. The number of aromatic nitrogens is 4. The second-order valence-corrected chi connectivity index (χ2v) is 9.07. The van der Waals surface area contributed by atoms with Crippen LogP contribution >= 0.6 is 22.9 Å². The molecule has 1 unspecified atom stereocenters. The first kappa shape index (κ1) is 22.9. The zero-order valence-corrected chi connectivity index (χ0v) is 19.9. The van der Waals surface area contributed by atoms with Gasteiger partial charge in [-0.3, -0.25) is 9.36 Å². The van der Waals surface area contributed by atoms with Crippen molar-refractivity contribution in [2.24, 2.45) is 14.1 Å². The molecule has 0 amide bonds. The molecule has 1 atom stereocenters. The van der Waals surface area contributed by atoms with E-state index in [0.29, 0.717) is 21.8 Å². The third-order valence-corrected chi connectivity index (χ3v) is 6.52. The number of hydrogen-bond donors (Lipinski definition) is 0. The van der Waals surface area contributed by atoms with Crippen LogP contribution in [0.15, 0.2) is 77.6 Å². The highest BCUT2D eigenvalue weighted by Gasteiger charge is 2.17. The number of halogens is 2. The van der Waals surface area contributed by atoms with Crippen molar-refractivity contribution in [3.8, 4) is 10.4 Å². The molecule has 0 bridgehead atoms. The van der Waals surface area contributed by atoms with Crippen molar-refractivity contribution in [3.63, 3.8) is 0 Å². The Bertz CT molecular complexity index is 1440. The second kappa shape index (κ2) is 9.68. The van der Waals surface area contributed by atoms with E-state index in [1.54, 1.807) is 67.3 Å². The fourth-order valence-corrected chi connectivity index (χ4v) is 4.46. The van der Waals surface area contributed by atoms with Gasteiger partial charge in [0.2, 0.25) is 0 Å². The molecule has 8 heteroatoms. The van der Waals surface area contributed by atoms with Crippen LogP contribution in [-0.4, -0.2) is 19.1 Å². The minimum absolute atomic E-state index is 0.140. The van der Waals surface area contributed by atoms with E-state index in [1.165, 1.54) is 10.8 Å². The Morgan fingerprint density at radius 3 is 2.42 bits per heavy atom. The summed E-state index contributed by atoms with van der Waals surface area (Å²) in [4.78, 5) is 21.5. The molecule has 5 nitrogen and oxygen atoms in total. The van der Waals surface area contributed by atoms with E-state index in [4.69, 9.17) is 11.6 Å². The first-order valence-corrected chi connectivity index (χ1v) is 11.5. The van der Waals surface area contributed by atoms with Crippen LogP contribution in [0.5, 0.6) is 0 Å². The van der Waals surface area contributed by atoms with Crippen LogP contribution in [0.4, 0.5) is 4.39 Å². The third-order valence-electron chi connectivity index (χ3n) is 5.18. The van der Waals surface area contributed by atoms with Gasteiger partial charge in [-0.15, -0.1) is 11.3 Å². The van der Waals surface area contributed by atoms with Crippen molar-refractivity contribution < 1.29 is 4.39 Å². The summed E-state index contributed by atoms with van der Waals surface area (Å²) < 4.78 is 18.5. The van der Waals surface area contributed by atoms with E-state index in [9.17, 15) is 4.79 Å². The van der Waals surface area contributed by atoms with Crippen LogP contribution in [0.3, 0.4) is 0 Å². The van der Waals surface area contributed by atoms with Gasteiger partial charge in [0, 0.05) is 65.2 Å². The van der Waals surface area contributed by atoms with Gasteiger partial charge < -0.3 is 4.57 Å². The third kappa shape index (κ3) is 5.05. The smallest absolute Gasteiger partial charge is 0.252 e. The lowest BCUT2D eigenvalue weighted by Crippen LogP contribution is -2.17. The summed E-state index contributed by atoms with van der Waals surface area (Å²) in [7, 11) is 3.61. The molecule has 0 saturated carbocycles. The van der Waals surface area contributed by atoms with Crippen LogP contribution in [-0.2, 0) is 14.1 Å². The minimum atomic E-state index is -1.32. The van der Waals surface area contributed by atoms with E-state index in [0.717, 1.165) is 21.4 Å². The van der Waals surface area contributed by atoms with Gasteiger partial charge >= 0.3 is 0 Å². The van der Waals surface area contributed by atoms with Gasteiger partial charge in [-0.25, -0.2) is 14.4 Å². The van der Waals surface area contributed by atoms with Crippen molar-refractivity contribution in [1.82, 2.24) is 19.1 Å². The molecule has 5 aromatic rings. The predicted molar refractivity (Wildman–Crippen MR) is 133 cm³/mol. The van der Waals surface area contributed by atoms with Gasteiger partial charge in [-0.1, -0.05) is 23.7 Å². The molecule has 168 valence electrons. The minimum Gasteiger partial charge on any atom is -0.341 e. The lowest BCUT2D eigenvalue weighted by Gasteiger charge is -2.13. The fraction of sp³-hybridized carbons (Fsp3) is 0.160. The Labute approximate surface area is 199 Å². The molecule has 0 saturated heterocycles. The molecule has 33 heavy (non-hydrogen) atoms. The molecule has 0 N–H and O–H groups in total. The highest BCUT2D eigenvalue weighted by Crippen LogP contribution is 2.34. The number of nitrogens with zero attached hydrogens (tertiary/aromatic N) is 4. The average Bonchev–Trinajstić information content (AvgIpc) is 3.47. The zero-order chi connectivity index (χ0) is 23.5. The first-order valence-electron chi connectivity index (χ1n) is 10.2. The van der Waals surface area contributed by atoms with Gasteiger partial charge in [0.25, 0.3) is 5.56 Å². The molecule has 1 aromatic carbocycles. The van der Waals surface area contributed by atoms with Crippen molar-refractivity contribution >= 4 is 34.0 Å². The molecule has 0 aliphatic carbocycles. The quantitative estimate of drug-likeness (QED) is 0.313. The monoisotopic (exact) mass is 480 g/mol. The Balaban J connectivity index is 0.000000376. The molecule has 0 aliphatic rings. The molecule has 5 rings (SSSR count). The molecular formula is C25H22ClFN4OS. The van der Waals surface area contributed by atoms with Gasteiger partial charge in [0.05, 0.1) is 6.33 Å². The van der Waals surface area contributed by atoms with Crippen molar-refractivity contribution in [2.75, 3.05) is 0 Å². The summed E-state index contributed by atoms with van der Waals surface area (Å²) in [6.45, 7) is 2.01. The predicted octanol–water partition coefficient (Wildman–Crippen LogP) is 6.10. The molecule has 4 heterocycles. The van der Waals surface area contributed by atoms with Crippen LogP contribution < -0.4 is 5.56 Å². The number of benzene rings is 1. The SMILES string of the molecule is Cc1csc(-c2cc(=O)n(C)c3ncc(C(F)c4ccc(Cl)cc4)cc23)c1.Cn1ccnc1. The number of alkyl halides is 1. The molecule has 4 aromatic heterocycles. The van der Waals surface area contributed by atoms with Gasteiger partial charge in [-0.2, -0.15) is 0 Å². The number of aryl methyl sites for hydroxylation is 3. The standard InChI is InChI=1S/C21H16ClFN2OS.C4H6N2/c1-12-7-18(27-11-12)16-9-19(26)25(2)21-17(16)8-14(10-24-21)20(23)13-3-5-15(22)6-4-13;1-6-3-2-5-4-6/h3-11,20H,1-2H3;2-4H,1H3. The highest BCUT2D eigenvalue weighted by atomic mass is 35.5. The van der Waals surface area contributed by atoms with E-state index < -0.39 is 6.17 Å². The lowest BCUT2D eigenvalue weighted by molar-refractivity contribution is 0.401. The van der Waals surface area contributed by atoms with Gasteiger partial charge in [-0.05, 0) is 47.7 Å². The number of imidazole rings is 1. The first-order chi connectivity index (χ1) is 15.8. The van der Waals surface area contributed by atoms with E-state index in [1.807, 2.05) is 36.2 Å². The fourth-order valence-electron chi connectivity index (χ4n) is 3.41.